The summed E-state index contributed by atoms with van der Waals surface area (Å²) in [5.74, 6) is 0. The molecule has 1 atom stereocenters. The van der Waals surface area contributed by atoms with Crippen LogP contribution in [0.2, 0.25) is 0 Å². The van der Waals surface area contributed by atoms with Crippen LogP contribution >= 0.6 is 0 Å². The maximum atomic E-state index is 11.3. The third kappa shape index (κ3) is 6.27. The molecule has 0 bridgehead atoms. The van der Waals surface area contributed by atoms with Crippen molar-refractivity contribution in [1.82, 2.24) is 0 Å². The zero-order valence-corrected chi connectivity index (χ0v) is 11.9. The van der Waals surface area contributed by atoms with Crippen LogP contribution in [0, 0.1) is 0 Å². The Labute approximate surface area is 115 Å². The Kier molecular flexibility index (Phi) is 7.71. The molecule has 0 aromatic heterocycles. The molecule has 0 saturated heterocycles. The highest BCUT2D eigenvalue weighted by molar-refractivity contribution is 5.60. The maximum absolute atomic E-state index is 11.3. The first-order valence-corrected chi connectivity index (χ1v) is 7.07. The van der Waals surface area contributed by atoms with E-state index in [4.69, 9.17) is 4.74 Å². The van der Waals surface area contributed by atoms with Crippen molar-refractivity contribution in [1.29, 1.82) is 0 Å². The zero-order valence-electron chi connectivity index (χ0n) is 11.9. The molecule has 0 spiro atoms. The van der Waals surface area contributed by atoms with Gasteiger partial charge in [0.1, 0.15) is 6.10 Å². The van der Waals surface area contributed by atoms with Crippen molar-refractivity contribution in [3.05, 3.63) is 35.9 Å². The van der Waals surface area contributed by atoms with Crippen molar-refractivity contribution < 1.29 is 14.3 Å². The molecule has 1 rings (SSSR count). The van der Waals surface area contributed by atoms with E-state index in [9.17, 15) is 4.79 Å². The van der Waals surface area contributed by atoms with Crippen LogP contribution in [-0.4, -0.2) is 13.3 Å². The smallest absolute Gasteiger partial charge is 0.438 e. The van der Waals surface area contributed by atoms with Gasteiger partial charge in [0.25, 0.3) is 0 Å². The van der Waals surface area contributed by atoms with Gasteiger partial charge in [-0.05, 0) is 18.4 Å². The molecule has 1 unspecified atom stereocenters. The minimum absolute atomic E-state index is 0.199. The fraction of sp³-hybridized carbons (Fsp3) is 0.562. The van der Waals surface area contributed by atoms with E-state index in [1.54, 1.807) is 0 Å². The van der Waals surface area contributed by atoms with E-state index in [0.717, 1.165) is 18.4 Å². The largest absolute Gasteiger partial charge is 0.508 e. The summed E-state index contributed by atoms with van der Waals surface area (Å²) in [6.07, 6.45) is 6.05. The van der Waals surface area contributed by atoms with Crippen LogP contribution in [0.4, 0.5) is 4.79 Å². The number of carbonyl (C=O) groups is 1. The molecule has 0 radical (unpaired) electrons. The number of hydrogen-bond acceptors (Lipinski definition) is 3. The summed E-state index contributed by atoms with van der Waals surface area (Å²) in [4.78, 5) is 11.3. The van der Waals surface area contributed by atoms with E-state index in [0.29, 0.717) is 0 Å². The Morgan fingerprint density at radius 1 is 1.11 bits per heavy atom. The van der Waals surface area contributed by atoms with E-state index in [-0.39, 0.29) is 6.10 Å². The molecule has 3 heteroatoms. The van der Waals surface area contributed by atoms with E-state index in [1.165, 1.54) is 32.8 Å². The van der Waals surface area contributed by atoms with E-state index < -0.39 is 6.16 Å². The predicted molar refractivity (Wildman–Crippen MR) is 76.0 cm³/mol. The molecule has 0 N–H and O–H groups in total. The van der Waals surface area contributed by atoms with E-state index in [2.05, 4.69) is 11.7 Å². The molecular weight excluding hydrogens is 240 g/mol. The minimum atomic E-state index is -0.609. The van der Waals surface area contributed by atoms with E-state index >= 15 is 0 Å². The molecule has 0 aliphatic heterocycles. The van der Waals surface area contributed by atoms with Gasteiger partial charge in [-0.3, -0.25) is 0 Å². The molecule has 1 aromatic rings. The number of hydrogen-bond donors (Lipinski definition) is 0. The lowest BCUT2D eigenvalue weighted by atomic mass is 10.0. The van der Waals surface area contributed by atoms with Crippen LogP contribution in [0.25, 0.3) is 0 Å². The lowest BCUT2D eigenvalue weighted by Crippen LogP contribution is -2.11. The molecule has 0 heterocycles. The maximum Gasteiger partial charge on any atom is 0.508 e. The molecule has 0 saturated carbocycles. The van der Waals surface area contributed by atoms with Gasteiger partial charge in [0.2, 0.25) is 0 Å². The van der Waals surface area contributed by atoms with Crippen LogP contribution in [0.5, 0.6) is 0 Å². The van der Waals surface area contributed by atoms with Crippen molar-refractivity contribution in [3.63, 3.8) is 0 Å². The average Bonchev–Trinajstić information content (AvgIpc) is 2.46. The summed E-state index contributed by atoms with van der Waals surface area (Å²) < 4.78 is 9.92. The number of carbonyl (C=O) groups excluding carboxylic acids is 1. The molecular formula is C16H24O3. The summed E-state index contributed by atoms with van der Waals surface area (Å²) in [6, 6.07) is 9.85. The number of unbranched alkanes of at least 4 members (excludes halogenated alkanes) is 4. The van der Waals surface area contributed by atoms with Crippen molar-refractivity contribution in [2.24, 2.45) is 0 Å². The number of ether oxygens (including phenoxy) is 2. The van der Waals surface area contributed by atoms with Crippen LogP contribution < -0.4 is 0 Å². The van der Waals surface area contributed by atoms with Crippen molar-refractivity contribution in [2.75, 3.05) is 7.11 Å². The van der Waals surface area contributed by atoms with Gasteiger partial charge in [0.05, 0.1) is 7.11 Å². The first-order valence-electron chi connectivity index (χ1n) is 7.07. The molecule has 3 nitrogen and oxygen atoms in total. The average molecular weight is 264 g/mol. The van der Waals surface area contributed by atoms with Gasteiger partial charge >= 0.3 is 6.16 Å². The van der Waals surface area contributed by atoms with Crippen LogP contribution in [0.15, 0.2) is 30.3 Å². The zero-order chi connectivity index (χ0) is 13.9. The van der Waals surface area contributed by atoms with Gasteiger partial charge in [-0.1, -0.05) is 62.9 Å². The fourth-order valence-electron chi connectivity index (χ4n) is 2.06. The molecule has 0 amide bonds. The predicted octanol–water partition coefficient (Wildman–Crippen LogP) is 4.87. The Balaban J connectivity index is 2.48. The van der Waals surface area contributed by atoms with Crippen molar-refractivity contribution in [2.45, 2.75) is 51.6 Å². The number of rotatable bonds is 8. The quantitative estimate of drug-likeness (QED) is 0.496. The van der Waals surface area contributed by atoms with Gasteiger partial charge < -0.3 is 9.47 Å². The molecule has 0 aliphatic carbocycles. The van der Waals surface area contributed by atoms with Crippen LogP contribution in [0.1, 0.15) is 57.1 Å². The monoisotopic (exact) mass is 264 g/mol. The normalized spacial score (nSPS) is 11.9. The second kappa shape index (κ2) is 9.42. The minimum Gasteiger partial charge on any atom is -0.438 e. The Morgan fingerprint density at radius 2 is 1.79 bits per heavy atom. The summed E-state index contributed by atoms with van der Waals surface area (Å²) in [5.41, 5.74) is 1.03. The lowest BCUT2D eigenvalue weighted by Gasteiger charge is -2.17. The van der Waals surface area contributed by atoms with Gasteiger partial charge in [-0.2, -0.15) is 0 Å². The highest BCUT2D eigenvalue weighted by Gasteiger charge is 2.16. The highest BCUT2D eigenvalue weighted by atomic mass is 16.7. The third-order valence-electron chi connectivity index (χ3n) is 3.15. The molecule has 1 aromatic carbocycles. The van der Waals surface area contributed by atoms with E-state index in [1.807, 2.05) is 30.3 Å². The summed E-state index contributed by atoms with van der Waals surface area (Å²) in [6.45, 7) is 2.20. The first kappa shape index (κ1) is 15.5. The topological polar surface area (TPSA) is 35.5 Å². The summed E-state index contributed by atoms with van der Waals surface area (Å²) in [7, 11) is 1.34. The van der Waals surface area contributed by atoms with Crippen LogP contribution in [-0.2, 0) is 9.47 Å². The first-order chi connectivity index (χ1) is 9.27. The molecule has 19 heavy (non-hydrogen) atoms. The highest BCUT2D eigenvalue weighted by Crippen LogP contribution is 2.24. The Hall–Kier alpha value is -1.51. The molecule has 0 aliphatic rings. The second-order valence-electron chi connectivity index (χ2n) is 4.67. The Morgan fingerprint density at radius 3 is 2.42 bits per heavy atom. The van der Waals surface area contributed by atoms with Gasteiger partial charge in [0, 0.05) is 0 Å². The van der Waals surface area contributed by atoms with Gasteiger partial charge in [-0.25, -0.2) is 4.79 Å². The standard InChI is InChI=1S/C16H24O3/c1-3-4-5-6-10-13-15(19-16(17)18-2)14-11-8-7-9-12-14/h7-9,11-12,15H,3-6,10,13H2,1-2H3. The summed E-state index contributed by atoms with van der Waals surface area (Å²) in [5, 5.41) is 0. The van der Waals surface area contributed by atoms with Crippen LogP contribution in [0.3, 0.4) is 0 Å². The van der Waals surface area contributed by atoms with Crippen molar-refractivity contribution >= 4 is 6.16 Å². The van der Waals surface area contributed by atoms with Gasteiger partial charge in [-0.15, -0.1) is 0 Å². The third-order valence-corrected chi connectivity index (χ3v) is 3.15. The second-order valence-corrected chi connectivity index (χ2v) is 4.67. The SMILES string of the molecule is CCCCCCCC(OC(=O)OC)c1ccccc1. The Bertz CT molecular complexity index is 348. The molecule has 0 fully saturated rings. The lowest BCUT2D eigenvalue weighted by molar-refractivity contribution is 0.0321. The number of benzene rings is 1. The summed E-state index contributed by atoms with van der Waals surface area (Å²) >= 11 is 0. The number of methoxy groups -OCH3 is 1. The fourth-order valence-corrected chi connectivity index (χ4v) is 2.06. The molecule has 106 valence electrons. The van der Waals surface area contributed by atoms with Crippen molar-refractivity contribution in [3.8, 4) is 0 Å². The van der Waals surface area contributed by atoms with Gasteiger partial charge in [0.15, 0.2) is 0 Å².